The highest BCUT2D eigenvalue weighted by molar-refractivity contribution is 5.77. The highest BCUT2D eigenvalue weighted by Gasteiger charge is 2.09. The molecule has 3 nitrogen and oxygen atoms in total. The van der Waals surface area contributed by atoms with E-state index in [1.807, 2.05) is 12.1 Å². The molecule has 2 aromatic rings. The van der Waals surface area contributed by atoms with Crippen molar-refractivity contribution < 1.29 is 14.2 Å². The third-order valence-electron chi connectivity index (χ3n) is 3.23. The summed E-state index contributed by atoms with van der Waals surface area (Å²) in [4.78, 5) is 3.03. The van der Waals surface area contributed by atoms with Crippen molar-refractivity contribution in [3.63, 3.8) is 0 Å². The van der Waals surface area contributed by atoms with Crippen molar-refractivity contribution >= 4 is 11.0 Å². The maximum atomic E-state index is 5.84. The highest BCUT2D eigenvalue weighted by Crippen LogP contribution is 2.17. The van der Waals surface area contributed by atoms with Gasteiger partial charge in [-0.05, 0) is 12.1 Å². The molecule has 18 heavy (non-hydrogen) atoms. The largest absolute Gasteiger partial charge is 0.455 e. The molecule has 1 atom stereocenters. The lowest BCUT2D eigenvalue weighted by Gasteiger charge is -2.13. The third-order valence-corrected chi connectivity index (χ3v) is 3.23. The van der Waals surface area contributed by atoms with Gasteiger partial charge in [0.05, 0.1) is 34.2 Å². The van der Waals surface area contributed by atoms with E-state index in [9.17, 15) is 0 Å². The van der Waals surface area contributed by atoms with E-state index in [1.54, 1.807) is 0 Å². The summed E-state index contributed by atoms with van der Waals surface area (Å²) < 4.78 is 5.84. The Hall–Kier alpha value is -1.32. The standard InChI is InChI=1S/C15H22N2O/c1-16(2)9-6-10-17(3)12-14-11-13-7-4-5-8-15(13)18-14/h4-5,7-8,11H,6,9-10,12H2,1-3H3/p+2. The lowest BCUT2D eigenvalue weighted by atomic mass is 10.2. The molecule has 98 valence electrons. The minimum Gasteiger partial charge on any atom is -0.455 e. The zero-order valence-electron chi connectivity index (χ0n) is 11.6. The van der Waals surface area contributed by atoms with E-state index in [2.05, 4.69) is 39.3 Å². The Morgan fingerprint density at radius 2 is 1.83 bits per heavy atom. The molecule has 0 aliphatic heterocycles. The average molecular weight is 248 g/mol. The minimum absolute atomic E-state index is 0.970. The van der Waals surface area contributed by atoms with Crippen LogP contribution in [-0.2, 0) is 6.54 Å². The van der Waals surface area contributed by atoms with E-state index in [4.69, 9.17) is 4.42 Å². The average Bonchev–Trinajstić information content (AvgIpc) is 2.70. The Kier molecular flexibility index (Phi) is 4.39. The Labute approximate surface area is 109 Å². The van der Waals surface area contributed by atoms with Crippen LogP contribution < -0.4 is 9.80 Å². The predicted octanol–water partition coefficient (Wildman–Crippen LogP) is -0.0179. The Morgan fingerprint density at radius 3 is 2.56 bits per heavy atom. The number of furan rings is 1. The molecule has 1 aromatic heterocycles. The quantitative estimate of drug-likeness (QED) is 0.737. The van der Waals surface area contributed by atoms with Gasteiger partial charge in [-0.3, -0.25) is 0 Å². The molecule has 0 fully saturated rings. The first kappa shape index (κ1) is 13.1. The van der Waals surface area contributed by atoms with Crippen molar-refractivity contribution in [1.82, 2.24) is 0 Å². The Bertz CT molecular complexity index is 457. The van der Waals surface area contributed by atoms with Crippen LogP contribution in [0.1, 0.15) is 12.2 Å². The van der Waals surface area contributed by atoms with Crippen molar-refractivity contribution in [2.75, 3.05) is 34.2 Å². The molecule has 2 rings (SSSR count). The van der Waals surface area contributed by atoms with Crippen LogP contribution in [-0.4, -0.2) is 34.2 Å². The van der Waals surface area contributed by atoms with Crippen LogP contribution in [0.5, 0.6) is 0 Å². The van der Waals surface area contributed by atoms with E-state index in [0.717, 1.165) is 17.9 Å². The van der Waals surface area contributed by atoms with Gasteiger partial charge in [-0.2, -0.15) is 0 Å². The number of hydrogen-bond donors (Lipinski definition) is 2. The van der Waals surface area contributed by atoms with Gasteiger partial charge in [0, 0.05) is 11.8 Å². The molecule has 3 heteroatoms. The molecule has 0 spiro atoms. The fourth-order valence-electron chi connectivity index (χ4n) is 2.25. The van der Waals surface area contributed by atoms with Gasteiger partial charge >= 0.3 is 0 Å². The molecule has 0 radical (unpaired) electrons. The van der Waals surface area contributed by atoms with E-state index < -0.39 is 0 Å². The second-order valence-electron chi connectivity index (χ2n) is 5.45. The maximum Gasteiger partial charge on any atom is 0.159 e. The maximum absolute atomic E-state index is 5.84. The molecule has 0 aliphatic carbocycles. The summed E-state index contributed by atoms with van der Waals surface area (Å²) in [6.45, 7) is 3.40. The molecular weight excluding hydrogens is 224 g/mol. The van der Waals surface area contributed by atoms with Gasteiger partial charge < -0.3 is 14.2 Å². The SMILES string of the molecule is C[NH+](C)CCC[NH+](C)Cc1cc2ccccc2o1. The summed E-state index contributed by atoms with van der Waals surface area (Å²) in [5.74, 6) is 1.09. The molecule has 1 aromatic carbocycles. The summed E-state index contributed by atoms with van der Waals surface area (Å²) in [6, 6.07) is 10.4. The lowest BCUT2D eigenvalue weighted by molar-refractivity contribution is -0.903. The first-order chi connectivity index (χ1) is 8.65. The van der Waals surface area contributed by atoms with Crippen molar-refractivity contribution in [1.29, 1.82) is 0 Å². The molecule has 1 heterocycles. The van der Waals surface area contributed by atoms with Gasteiger partial charge in [0.1, 0.15) is 12.1 Å². The van der Waals surface area contributed by atoms with E-state index in [-0.39, 0.29) is 0 Å². The zero-order chi connectivity index (χ0) is 13.0. The second-order valence-corrected chi connectivity index (χ2v) is 5.45. The second kappa shape index (κ2) is 6.03. The number of fused-ring (bicyclic) bond motifs is 1. The van der Waals surface area contributed by atoms with Crippen LogP contribution in [0, 0.1) is 0 Å². The Balaban J connectivity index is 1.88. The van der Waals surface area contributed by atoms with Gasteiger partial charge in [-0.15, -0.1) is 0 Å². The van der Waals surface area contributed by atoms with Crippen LogP contribution >= 0.6 is 0 Å². The molecule has 0 amide bonds. The molecule has 0 saturated heterocycles. The first-order valence-corrected chi connectivity index (χ1v) is 6.73. The van der Waals surface area contributed by atoms with Crippen LogP contribution in [0.4, 0.5) is 0 Å². The van der Waals surface area contributed by atoms with Crippen molar-refractivity contribution in [3.8, 4) is 0 Å². The summed E-state index contributed by atoms with van der Waals surface area (Å²) in [5.41, 5.74) is 0.998. The van der Waals surface area contributed by atoms with E-state index in [1.165, 1.54) is 34.7 Å². The normalized spacial score (nSPS) is 13.3. The van der Waals surface area contributed by atoms with E-state index >= 15 is 0 Å². The number of nitrogens with one attached hydrogen (secondary N) is 2. The third kappa shape index (κ3) is 3.59. The molecule has 2 N–H and O–H groups in total. The smallest absolute Gasteiger partial charge is 0.159 e. The van der Waals surface area contributed by atoms with Crippen molar-refractivity contribution in [2.24, 2.45) is 0 Å². The molecule has 0 aliphatic rings. The summed E-state index contributed by atoms with van der Waals surface area (Å²) in [7, 11) is 6.64. The predicted molar refractivity (Wildman–Crippen MR) is 74.0 cm³/mol. The van der Waals surface area contributed by atoms with Gasteiger partial charge in [0.15, 0.2) is 5.76 Å². The first-order valence-electron chi connectivity index (χ1n) is 6.73. The van der Waals surface area contributed by atoms with Crippen LogP contribution in [0.15, 0.2) is 34.7 Å². The van der Waals surface area contributed by atoms with Gasteiger partial charge in [-0.25, -0.2) is 0 Å². The molecular formula is C15H24N2O+2. The fourth-order valence-corrected chi connectivity index (χ4v) is 2.25. The fraction of sp³-hybridized carbons (Fsp3) is 0.467. The summed E-state index contributed by atoms with van der Waals surface area (Å²) in [5, 5.41) is 1.21. The highest BCUT2D eigenvalue weighted by atomic mass is 16.3. The van der Waals surface area contributed by atoms with Crippen molar-refractivity contribution in [3.05, 3.63) is 36.1 Å². The topological polar surface area (TPSA) is 22.0 Å². The Morgan fingerprint density at radius 1 is 1.06 bits per heavy atom. The molecule has 1 unspecified atom stereocenters. The van der Waals surface area contributed by atoms with Gasteiger partial charge in [0.25, 0.3) is 0 Å². The lowest BCUT2D eigenvalue weighted by Crippen LogP contribution is -3.10. The zero-order valence-corrected chi connectivity index (χ0v) is 11.6. The van der Waals surface area contributed by atoms with E-state index in [0.29, 0.717) is 0 Å². The molecule has 0 bridgehead atoms. The van der Waals surface area contributed by atoms with Crippen LogP contribution in [0.25, 0.3) is 11.0 Å². The van der Waals surface area contributed by atoms with Crippen LogP contribution in [0.2, 0.25) is 0 Å². The summed E-state index contributed by atoms with van der Waals surface area (Å²) >= 11 is 0. The minimum atomic E-state index is 0.970. The number of hydrogen-bond acceptors (Lipinski definition) is 1. The summed E-state index contributed by atoms with van der Waals surface area (Å²) in [6.07, 6.45) is 1.26. The monoisotopic (exact) mass is 248 g/mol. The van der Waals surface area contributed by atoms with Gasteiger partial charge in [-0.1, -0.05) is 18.2 Å². The number of para-hydroxylation sites is 1. The number of rotatable bonds is 6. The number of benzene rings is 1. The molecule has 0 saturated carbocycles. The van der Waals surface area contributed by atoms with Crippen molar-refractivity contribution in [2.45, 2.75) is 13.0 Å². The van der Waals surface area contributed by atoms with Crippen LogP contribution in [0.3, 0.4) is 0 Å². The number of quaternary nitrogens is 2. The van der Waals surface area contributed by atoms with Gasteiger partial charge in [0.2, 0.25) is 0 Å².